The summed E-state index contributed by atoms with van der Waals surface area (Å²) in [5.74, 6) is -0.839. The monoisotopic (exact) mass is 474 g/mol. The van der Waals surface area contributed by atoms with Crippen molar-refractivity contribution in [2.24, 2.45) is 0 Å². The number of carbonyl (C=O) groups excluding carboxylic acids is 2. The van der Waals surface area contributed by atoms with Crippen molar-refractivity contribution in [1.29, 1.82) is 0 Å². The summed E-state index contributed by atoms with van der Waals surface area (Å²) >= 11 is 0. The van der Waals surface area contributed by atoms with Crippen molar-refractivity contribution in [3.63, 3.8) is 0 Å². The molecule has 2 aliphatic rings. The van der Waals surface area contributed by atoms with Gasteiger partial charge in [-0.2, -0.15) is 0 Å². The van der Waals surface area contributed by atoms with E-state index in [0.717, 1.165) is 18.4 Å². The highest BCUT2D eigenvalue weighted by Gasteiger charge is 2.45. The molecular formula is C23H22O11. The van der Waals surface area contributed by atoms with Crippen molar-refractivity contribution in [2.75, 3.05) is 6.61 Å². The van der Waals surface area contributed by atoms with E-state index in [2.05, 4.69) is 0 Å². The molecule has 0 spiro atoms. The second-order valence-corrected chi connectivity index (χ2v) is 7.97. The van der Waals surface area contributed by atoms with Gasteiger partial charge in [0.25, 0.3) is 0 Å². The highest BCUT2D eigenvalue weighted by atomic mass is 16.7. The van der Waals surface area contributed by atoms with Gasteiger partial charge in [-0.3, -0.25) is 14.4 Å². The molecule has 0 saturated carbocycles. The topological polar surface area (TPSA) is 173 Å². The number of hydrogen-bond donors (Lipinski definition) is 4. The molecule has 0 radical (unpaired) electrons. The third-order valence-corrected chi connectivity index (χ3v) is 5.55. The number of aliphatic hydroxyl groups excluding tert-OH is 3. The van der Waals surface area contributed by atoms with Gasteiger partial charge in [0.1, 0.15) is 54.2 Å². The molecule has 1 aliphatic heterocycles. The quantitative estimate of drug-likeness (QED) is 0.409. The van der Waals surface area contributed by atoms with Crippen molar-refractivity contribution in [3.8, 4) is 5.75 Å². The summed E-state index contributed by atoms with van der Waals surface area (Å²) in [6, 6.07) is 4.11. The van der Waals surface area contributed by atoms with Gasteiger partial charge in [-0.05, 0) is 36.4 Å². The molecule has 4 N–H and O–H groups in total. The molecule has 0 amide bonds. The minimum atomic E-state index is -1.80. The lowest BCUT2D eigenvalue weighted by Crippen LogP contribution is -2.60. The van der Waals surface area contributed by atoms with E-state index >= 15 is 0 Å². The number of esters is 1. The molecule has 1 saturated heterocycles. The Bertz CT molecular complexity index is 1210. The number of aliphatic hydroxyl groups is 4. The van der Waals surface area contributed by atoms with Crippen LogP contribution < -0.4 is 10.2 Å². The fourth-order valence-corrected chi connectivity index (χ4v) is 3.65. The summed E-state index contributed by atoms with van der Waals surface area (Å²) in [6.07, 6.45) is -1.62. The van der Waals surface area contributed by atoms with Crippen LogP contribution in [0.3, 0.4) is 0 Å². The lowest BCUT2D eigenvalue weighted by atomic mass is 9.90. The summed E-state index contributed by atoms with van der Waals surface area (Å²) in [5.41, 5.74) is -2.33. The molecule has 2 aromatic rings. The SMILES string of the molecule is CC(=O)OC[C@H]1O[C@@H](Oc2ccc3c(=O)c(C4(O)C=CC(=O)C=C4)coc3c2)[C@H](O)[C@@H](O)[C@@H]1O. The van der Waals surface area contributed by atoms with Gasteiger partial charge < -0.3 is 39.1 Å². The molecule has 180 valence electrons. The minimum Gasteiger partial charge on any atom is -0.464 e. The first-order chi connectivity index (χ1) is 16.1. The molecule has 2 heterocycles. The number of ether oxygens (including phenoxy) is 3. The van der Waals surface area contributed by atoms with Crippen molar-refractivity contribution in [3.05, 3.63) is 64.6 Å². The highest BCUT2D eigenvalue weighted by Crippen LogP contribution is 2.29. The summed E-state index contributed by atoms with van der Waals surface area (Å²) in [5, 5.41) is 41.3. The summed E-state index contributed by atoms with van der Waals surface area (Å²) in [4.78, 5) is 35.3. The first-order valence-corrected chi connectivity index (χ1v) is 10.3. The Balaban J connectivity index is 1.58. The number of benzene rings is 1. The number of rotatable bonds is 5. The Morgan fingerprint density at radius 2 is 1.79 bits per heavy atom. The normalized spacial score (nSPS) is 28.1. The van der Waals surface area contributed by atoms with Gasteiger partial charge in [-0.15, -0.1) is 0 Å². The number of carbonyl (C=O) groups is 2. The second-order valence-electron chi connectivity index (χ2n) is 7.97. The van der Waals surface area contributed by atoms with E-state index in [0.29, 0.717) is 0 Å². The lowest BCUT2D eigenvalue weighted by Gasteiger charge is -2.39. The van der Waals surface area contributed by atoms with Crippen molar-refractivity contribution in [1.82, 2.24) is 0 Å². The molecule has 1 fully saturated rings. The molecule has 1 aliphatic carbocycles. The van der Waals surface area contributed by atoms with Crippen molar-refractivity contribution < 1.29 is 48.6 Å². The Kier molecular flexibility index (Phi) is 6.39. The summed E-state index contributed by atoms with van der Waals surface area (Å²) in [6.45, 7) is 0.800. The maximum atomic E-state index is 12.9. The first kappa shape index (κ1) is 23.8. The van der Waals surface area contributed by atoms with Gasteiger partial charge in [0.15, 0.2) is 11.2 Å². The lowest BCUT2D eigenvalue weighted by molar-refractivity contribution is -0.278. The van der Waals surface area contributed by atoms with Crippen LogP contribution in [0.4, 0.5) is 0 Å². The van der Waals surface area contributed by atoms with Crippen LogP contribution in [0.15, 0.2) is 58.0 Å². The number of hydrogen-bond acceptors (Lipinski definition) is 11. The van der Waals surface area contributed by atoms with Gasteiger partial charge in [0.05, 0.1) is 10.9 Å². The third kappa shape index (κ3) is 4.52. The summed E-state index contributed by atoms with van der Waals surface area (Å²) < 4.78 is 21.4. The standard InChI is InChI=1S/C23H22O11/c1-11(24)31-10-17-19(27)20(28)21(29)22(34-17)33-13-2-3-14-16(8-13)32-9-15(18(14)26)23(30)6-4-12(25)5-7-23/h2-9,17,19-22,27-30H,10H2,1H3/t17-,19-,20+,21-,22-/m1/s1. The molecule has 1 aromatic carbocycles. The summed E-state index contributed by atoms with van der Waals surface area (Å²) in [7, 11) is 0. The fraction of sp³-hybridized carbons (Fsp3) is 0.348. The van der Waals surface area contributed by atoms with Crippen LogP contribution in [0.25, 0.3) is 11.0 Å². The van der Waals surface area contributed by atoms with E-state index in [1.54, 1.807) is 0 Å². The van der Waals surface area contributed by atoms with E-state index in [4.69, 9.17) is 18.6 Å². The number of fused-ring (bicyclic) bond motifs is 1. The Hall–Kier alpha value is -3.35. The molecule has 5 atom stereocenters. The second kappa shape index (κ2) is 9.12. The van der Waals surface area contributed by atoms with E-state index in [9.17, 15) is 34.8 Å². The molecule has 34 heavy (non-hydrogen) atoms. The van der Waals surface area contributed by atoms with Gasteiger partial charge in [0.2, 0.25) is 6.29 Å². The maximum Gasteiger partial charge on any atom is 0.302 e. The zero-order valence-corrected chi connectivity index (χ0v) is 17.9. The van der Waals surface area contributed by atoms with E-state index < -0.39 is 47.7 Å². The van der Waals surface area contributed by atoms with Crippen LogP contribution in [0.1, 0.15) is 12.5 Å². The van der Waals surface area contributed by atoms with Crippen molar-refractivity contribution in [2.45, 2.75) is 43.2 Å². The van der Waals surface area contributed by atoms with Crippen LogP contribution >= 0.6 is 0 Å². The molecule has 11 heteroatoms. The average molecular weight is 474 g/mol. The number of ketones is 1. The molecule has 0 unspecified atom stereocenters. The molecule has 1 aromatic heterocycles. The fourth-order valence-electron chi connectivity index (χ4n) is 3.65. The average Bonchev–Trinajstić information content (AvgIpc) is 2.80. The molecule has 0 bridgehead atoms. The van der Waals surface area contributed by atoms with Crippen LogP contribution in [-0.4, -0.2) is 69.5 Å². The predicted octanol–water partition coefficient (Wildman–Crippen LogP) is -0.575. The van der Waals surface area contributed by atoms with Gasteiger partial charge in [-0.1, -0.05) is 0 Å². The zero-order valence-electron chi connectivity index (χ0n) is 17.9. The maximum absolute atomic E-state index is 12.9. The molecule has 11 nitrogen and oxygen atoms in total. The van der Waals surface area contributed by atoms with Crippen LogP contribution in [0.5, 0.6) is 5.75 Å². The van der Waals surface area contributed by atoms with E-state index in [1.165, 1.54) is 37.3 Å². The molecular weight excluding hydrogens is 452 g/mol. The third-order valence-electron chi connectivity index (χ3n) is 5.55. The van der Waals surface area contributed by atoms with Gasteiger partial charge in [0, 0.05) is 13.0 Å². The highest BCUT2D eigenvalue weighted by molar-refractivity contribution is 6.00. The van der Waals surface area contributed by atoms with E-state index in [1.807, 2.05) is 0 Å². The minimum absolute atomic E-state index is 0.0925. The van der Waals surface area contributed by atoms with Crippen LogP contribution in [0.2, 0.25) is 0 Å². The predicted molar refractivity (Wildman–Crippen MR) is 114 cm³/mol. The molecule has 4 rings (SSSR count). The van der Waals surface area contributed by atoms with Gasteiger partial charge in [-0.25, -0.2) is 0 Å². The number of allylic oxidation sites excluding steroid dienone is 2. The first-order valence-electron chi connectivity index (χ1n) is 10.3. The Morgan fingerprint density at radius 1 is 1.09 bits per heavy atom. The van der Waals surface area contributed by atoms with Crippen LogP contribution in [0, 0.1) is 0 Å². The van der Waals surface area contributed by atoms with E-state index in [-0.39, 0.29) is 34.7 Å². The van der Waals surface area contributed by atoms with Crippen LogP contribution in [-0.2, 0) is 24.7 Å². The Labute approximate surface area is 192 Å². The van der Waals surface area contributed by atoms with Crippen molar-refractivity contribution >= 4 is 22.7 Å². The zero-order chi connectivity index (χ0) is 24.6. The smallest absolute Gasteiger partial charge is 0.302 e. The van der Waals surface area contributed by atoms with Gasteiger partial charge >= 0.3 is 5.97 Å². The largest absolute Gasteiger partial charge is 0.464 e. The Morgan fingerprint density at radius 3 is 2.47 bits per heavy atom.